The van der Waals surface area contributed by atoms with E-state index in [1.807, 2.05) is 0 Å². The van der Waals surface area contributed by atoms with Gasteiger partial charge in [0.25, 0.3) is 0 Å². The van der Waals surface area contributed by atoms with Crippen LogP contribution in [0.5, 0.6) is 0 Å². The summed E-state index contributed by atoms with van der Waals surface area (Å²) in [4.78, 5) is 24.2. The topological polar surface area (TPSA) is 87.1 Å². The van der Waals surface area contributed by atoms with Crippen molar-refractivity contribution in [3.63, 3.8) is 0 Å². The number of aliphatic hydroxyl groups excluding tert-OH is 1. The number of carboxylic acid groups (broad SMARTS) is 1. The number of carbonyl (C=O) groups excluding carboxylic acids is 1. The lowest BCUT2D eigenvalue weighted by molar-refractivity contribution is -0.161. The number of carbonyl (C=O) groups is 2. The van der Waals surface area contributed by atoms with Crippen LogP contribution in [0, 0.1) is 5.92 Å². The highest BCUT2D eigenvalue weighted by molar-refractivity contribution is 5.99. The first kappa shape index (κ1) is 12.1. The molecule has 1 amide bonds. The van der Waals surface area contributed by atoms with Crippen LogP contribution >= 0.6 is 0 Å². The minimum absolute atomic E-state index is 0.0266. The normalized spacial score (nSPS) is 29.1. The smallest absolute Gasteiger partial charge is 0.352 e. The Balaban J connectivity index is 2.26. The van der Waals surface area contributed by atoms with Gasteiger partial charge in [-0.05, 0) is 18.9 Å². The summed E-state index contributed by atoms with van der Waals surface area (Å²) in [5.41, 5.74) is 0.639. The summed E-state index contributed by atoms with van der Waals surface area (Å²) in [6, 6.07) is -0.223. The first-order chi connectivity index (χ1) is 7.99. The van der Waals surface area contributed by atoms with E-state index in [0.717, 1.165) is 0 Å². The second-order valence-electron chi connectivity index (χ2n) is 4.44. The van der Waals surface area contributed by atoms with Gasteiger partial charge < -0.3 is 19.8 Å². The fraction of sp³-hybridized carbons (Fsp3) is 0.636. The first-order valence-corrected chi connectivity index (χ1v) is 5.44. The van der Waals surface area contributed by atoms with Crippen LogP contribution in [0.2, 0.25) is 0 Å². The highest BCUT2D eigenvalue weighted by atomic mass is 16.5. The summed E-state index contributed by atoms with van der Waals surface area (Å²) >= 11 is 0. The zero-order valence-electron chi connectivity index (χ0n) is 9.71. The highest BCUT2D eigenvalue weighted by Gasteiger charge is 2.56. The number of rotatable bonds is 4. The van der Waals surface area contributed by atoms with E-state index in [-0.39, 0.29) is 24.3 Å². The molecule has 0 aromatic rings. The molecule has 2 heterocycles. The van der Waals surface area contributed by atoms with E-state index in [2.05, 4.69) is 0 Å². The maximum absolute atomic E-state index is 11.8. The van der Waals surface area contributed by atoms with E-state index in [1.54, 1.807) is 6.92 Å². The molecule has 6 heteroatoms. The molecule has 1 saturated heterocycles. The van der Waals surface area contributed by atoms with Crippen LogP contribution in [-0.4, -0.2) is 52.9 Å². The van der Waals surface area contributed by atoms with Crippen LogP contribution in [-0.2, 0) is 14.3 Å². The number of β-lactam (4-membered cyclic amide) rings is 1. The Bertz CT molecular complexity index is 401. The number of hydrogen-bond donors (Lipinski definition) is 2. The van der Waals surface area contributed by atoms with E-state index in [1.165, 1.54) is 12.0 Å². The number of carboxylic acids is 1. The maximum Gasteiger partial charge on any atom is 0.352 e. The highest BCUT2D eigenvalue weighted by Crippen LogP contribution is 2.43. The Morgan fingerprint density at radius 2 is 2.29 bits per heavy atom. The van der Waals surface area contributed by atoms with Gasteiger partial charge in [-0.15, -0.1) is 0 Å². The largest absolute Gasteiger partial charge is 0.477 e. The van der Waals surface area contributed by atoms with Crippen molar-refractivity contribution in [1.82, 2.24) is 4.90 Å². The number of nitrogens with zero attached hydrogens (tertiary/aromatic N) is 1. The molecule has 0 spiro atoms. The van der Waals surface area contributed by atoms with Gasteiger partial charge in [-0.3, -0.25) is 4.79 Å². The summed E-state index contributed by atoms with van der Waals surface area (Å²) < 4.78 is 4.94. The lowest BCUT2D eigenvalue weighted by Crippen LogP contribution is -2.61. The number of hydrogen-bond acceptors (Lipinski definition) is 4. The molecule has 94 valence electrons. The number of amides is 1. The minimum Gasteiger partial charge on any atom is -0.477 e. The molecule has 0 aromatic carbocycles. The third-order valence-electron chi connectivity index (χ3n) is 3.34. The molecular formula is C11H15NO5. The van der Waals surface area contributed by atoms with E-state index in [0.29, 0.717) is 12.0 Å². The quantitative estimate of drug-likeness (QED) is 0.653. The number of aliphatic carboxylic acids is 1. The van der Waals surface area contributed by atoms with Crippen LogP contribution < -0.4 is 0 Å². The summed E-state index contributed by atoms with van der Waals surface area (Å²) in [6.07, 6.45) is -0.280. The van der Waals surface area contributed by atoms with Crippen LogP contribution in [0.15, 0.2) is 11.3 Å². The van der Waals surface area contributed by atoms with Crippen molar-refractivity contribution in [2.24, 2.45) is 5.92 Å². The molecule has 0 bridgehead atoms. The molecule has 0 aliphatic carbocycles. The van der Waals surface area contributed by atoms with Crippen molar-refractivity contribution in [3.8, 4) is 0 Å². The Kier molecular flexibility index (Phi) is 2.92. The second kappa shape index (κ2) is 4.12. The van der Waals surface area contributed by atoms with Crippen LogP contribution in [0.4, 0.5) is 0 Å². The van der Waals surface area contributed by atoms with Gasteiger partial charge in [0.1, 0.15) is 5.70 Å². The van der Waals surface area contributed by atoms with Gasteiger partial charge in [0.2, 0.25) is 5.91 Å². The van der Waals surface area contributed by atoms with Crippen molar-refractivity contribution in [2.75, 3.05) is 13.7 Å². The van der Waals surface area contributed by atoms with E-state index < -0.39 is 18.0 Å². The van der Waals surface area contributed by atoms with Crippen molar-refractivity contribution >= 4 is 11.9 Å². The zero-order valence-corrected chi connectivity index (χ0v) is 9.71. The SMILES string of the molecule is COCC1=C(C(=O)O)N2C(=O)[C@H]([C@@H](C)O)[C@H]2C1. The predicted molar refractivity (Wildman–Crippen MR) is 57.0 cm³/mol. The van der Waals surface area contributed by atoms with Gasteiger partial charge in [0.15, 0.2) is 0 Å². The summed E-state index contributed by atoms with van der Waals surface area (Å²) in [5, 5.41) is 18.6. The van der Waals surface area contributed by atoms with Gasteiger partial charge >= 0.3 is 5.97 Å². The summed E-state index contributed by atoms with van der Waals surface area (Å²) in [7, 11) is 1.48. The van der Waals surface area contributed by atoms with Crippen molar-refractivity contribution in [2.45, 2.75) is 25.5 Å². The molecule has 2 aliphatic heterocycles. The minimum atomic E-state index is -1.11. The van der Waals surface area contributed by atoms with Crippen molar-refractivity contribution in [1.29, 1.82) is 0 Å². The van der Waals surface area contributed by atoms with Gasteiger partial charge in [0, 0.05) is 7.11 Å². The monoisotopic (exact) mass is 241 g/mol. The summed E-state index contributed by atoms with van der Waals surface area (Å²) in [5.74, 6) is -1.91. The Morgan fingerprint density at radius 1 is 1.65 bits per heavy atom. The van der Waals surface area contributed by atoms with Crippen LogP contribution in [0.1, 0.15) is 13.3 Å². The number of aliphatic hydroxyl groups is 1. The molecule has 17 heavy (non-hydrogen) atoms. The lowest BCUT2D eigenvalue weighted by atomic mass is 9.83. The molecule has 0 unspecified atom stereocenters. The Morgan fingerprint density at radius 3 is 2.76 bits per heavy atom. The molecule has 0 aromatic heterocycles. The van der Waals surface area contributed by atoms with E-state index in [9.17, 15) is 14.7 Å². The molecular weight excluding hydrogens is 226 g/mol. The third kappa shape index (κ3) is 1.64. The van der Waals surface area contributed by atoms with Gasteiger partial charge in [-0.1, -0.05) is 0 Å². The molecule has 2 aliphatic rings. The molecule has 2 N–H and O–H groups in total. The second-order valence-corrected chi connectivity index (χ2v) is 4.44. The third-order valence-corrected chi connectivity index (χ3v) is 3.34. The fourth-order valence-electron chi connectivity index (χ4n) is 2.66. The van der Waals surface area contributed by atoms with E-state index in [4.69, 9.17) is 9.84 Å². The van der Waals surface area contributed by atoms with Crippen LogP contribution in [0.3, 0.4) is 0 Å². The van der Waals surface area contributed by atoms with Gasteiger partial charge in [-0.25, -0.2) is 4.79 Å². The summed E-state index contributed by atoms with van der Waals surface area (Å²) in [6.45, 7) is 1.75. The number of ether oxygens (including phenoxy) is 1. The Hall–Kier alpha value is -1.40. The molecule has 0 radical (unpaired) electrons. The number of methoxy groups -OCH3 is 1. The average molecular weight is 241 g/mol. The zero-order chi connectivity index (χ0) is 12.7. The standard InChI is InChI=1S/C11H15NO5/c1-5(13)8-7-3-6(4-17-2)9(11(15)16)12(7)10(8)14/h5,7-8,13H,3-4H2,1-2H3,(H,15,16)/t5-,7-,8-/m1/s1. The fourth-order valence-corrected chi connectivity index (χ4v) is 2.66. The first-order valence-electron chi connectivity index (χ1n) is 5.44. The van der Waals surface area contributed by atoms with Gasteiger partial charge in [0.05, 0.1) is 24.7 Å². The maximum atomic E-state index is 11.8. The average Bonchev–Trinajstić information content (AvgIpc) is 2.53. The molecule has 6 nitrogen and oxygen atoms in total. The predicted octanol–water partition coefficient (Wildman–Crippen LogP) is -0.417. The van der Waals surface area contributed by atoms with Crippen LogP contribution in [0.25, 0.3) is 0 Å². The molecule has 2 rings (SSSR count). The number of fused-ring (bicyclic) bond motifs is 1. The Labute approximate surface area is 98.5 Å². The van der Waals surface area contributed by atoms with E-state index >= 15 is 0 Å². The molecule has 0 saturated carbocycles. The lowest BCUT2D eigenvalue weighted by Gasteiger charge is -2.44. The van der Waals surface area contributed by atoms with Gasteiger partial charge in [-0.2, -0.15) is 0 Å². The molecule has 3 atom stereocenters. The molecule has 1 fully saturated rings. The van der Waals surface area contributed by atoms with Crippen molar-refractivity contribution < 1.29 is 24.5 Å². The van der Waals surface area contributed by atoms with Crippen molar-refractivity contribution in [3.05, 3.63) is 11.3 Å².